The van der Waals surface area contributed by atoms with Gasteiger partial charge in [-0.15, -0.1) is 0 Å². The summed E-state index contributed by atoms with van der Waals surface area (Å²) >= 11 is 0. The summed E-state index contributed by atoms with van der Waals surface area (Å²) in [4.78, 5) is 14.0. The molecule has 2 rings (SSSR count). The summed E-state index contributed by atoms with van der Waals surface area (Å²) in [6.07, 6.45) is 8.48. The molecule has 1 aliphatic carbocycles. The Morgan fingerprint density at radius 2 is 1.88 bits per heavy atom. The van der Waals surface area contributed by atoms with Gasteiger partial charge in [0.1, 0.15) is 5.78 Å². The molecule has 0 amide bonds. The van der Waals surface area contributed by atoms with Gasteiger partial charge in [-0.05, 0) is 25.7 Å². The molecule has 2 heteroatoms. The number of piperidine rings is 1. The van der Waals surface area contributed by atoms with Crippen LogP contribution in [0.15, 0.2) is 0 Å². The molecule has 3 atom stereocenters. The zero-order valence-corrected chi connectivity index (χ0v) is 10.7. The number of hydrogen-bond donors (Lipinski definition) is 0. The van der Waals surface area contributed by atoms with Crippen LogP contribution in [0.1, 0.15) is 58.8 Å². The smallest absolute Gasteiger partial charge is 0.135 e. The Morgan fingerprint density at radius 3 is 2.62 bits per heavy atom. The lowest BCUT2D eigenvalue weighted by Crippen LogP contribution is -2.49. The fraction of sp³-hybridized carbons (Fsp3) is 0.929. The van der Waals surface area contributed by atoms with Gasteiger partial charge in [0.05, 0.1) is 0 Å². The van der Waals surface area contributed by atoms with Crippen molar-refractivity contribution < 1.29 is 4.79 Å². The summed E-state index contributed by atoms with van der Waals surface area (Å²) in [6.45, 7) is 5.64. The van der Waals surface area contributed by atoms with Gasteiger partial charge in [0, 0.05) is 31.5 Å². The van der Waals surface area contributed by atoms with Gasteiger partial charge in [0.15, 0.2) is 0 Å². The summed E-state index contributed by atoms with van der Waals surface area (Å²) in [5, 5.41) is 0. The largest absolute Gasteiger partial charge is 0.300 e. The Balaban J connectivity index is 2.01. The van der Waals surface area contributed by atoms with Gasteiger partial charge in [0.2, 0.25) is 0 Å². The molecule has 1 aliphatic heterocycles. The number of Topliss-reactive ketones (excluding diaryl/α,β-unsaturated/α-hetero) is 1. The van der Waals surface area contributed by atoms with Gasteiger partial charge < -0.3 is 0 Å². The van der Waals surface area contributed by atoms with E-state index in [-0.39, 0.29) is 0 Å². The molecule has 1 saturated carbocycles. The molecule has 0 spiro atoms. The van der Waals surface area contributed by atoms with Gasteiger partial charge in [0.25, 0.3) is 0 Å². The lowest BCUT2D eigenvalue weighted by molar-refractivity contribution is -0.124. The Bertz CT molecular complexity index is 251. The van der Waals surface area contributed by atoms with Crippen LogP contribution in [0.5, 0.6) is 0 Å². The van der Waals surface area contributed by atoms with E-state index in [1.54, 1.807) is 0 Å². The molecular formula is C14H25NO. The van der Waals surface area contributed by atoms with E-state index < -0.39 is 0 Å². The fourth-order valence-corrected chi connectivity index (χ4v) is 3.48. The first-order valence-electron chi connectivity index (χ1n) is 6.96. The van der Waals surface area contributed by atoms with Crippen LogP contribution < -0.4 is 0 Å². The molecule has 2 fully saturated rings. The molecule has 1 saturated heterocycles. The highest BCUT2D eigenvalue weighted by atomic mass is 16.1. The highest BCUT2D eigenvalue weighted by Crippen LogP contribution is 2.30. The summed E-state index contributed by atoms with van der Waals surface area (Å²) in [5.41, 5.74) is 0. The molecule has 0 aromatic carbocycles. The molecule has 3 unspecified atom stereocenters. The summed E-state index contributed by atoms with van der Waals surface area (Å²) in [7, 11) is 0. The van der Waals surface area contributed by atoms with E-state index in [9.17, 15) is 4.79 Å². The number of ketones is 1. The molecule has 2 aliphatic rings. The average molecular weight is 223 g/mol. The van der Waals surface area contributed by atoms with Crippen LogP contribution in [0.25, 0.3) is 0 Å². The van der Waals surface area contributed by atoms with Gasteiger partial charge in [-0.3, -0.25) is 9.69 Å². The van der Waals surface area contributed by atoms with Crippen molar-refractivity contribution in [2.75, 3.05) is 6.54 Å². The predicted octanol–water partition coefficient (Wildman–Crippen LogP) is 3.01. The maximum Gasteiger partial charge on any atom is 0.135 e. The van der Waals surface area contributed by atoms with Crippen LogP contribution in [-0.2, 0) is 4.79 Å². The SMILES string of the molecule is CC1CCCCCC1N1CCC(=O)CC1C. The van der Waals surface area contributed by atoms with E-state index in [1.807, 2.05) is 0 Å². The molecular weight excluding hydrogens is 198 g/mol. The van der Waals surface area contributed by atoms with Crippen LogP contribution in [-0.4, -0.2) is 29.3 Å². The molecule has 0 bridgehead atoms. The Hall–Kier alpha value is -0.370. The van der Waals surface area contributed by atoms with Gasteiger partial charge in [-0.25, -0.2) is 0 Å². The van der Waals surface area contributed by atoms with E-state index >= 15 is 0 Å². The van der Waals surface area contributed by atoms with Gasteiger partial charge in [-0.2, -0.15) is 0 Å². The minimum atomic E-state index is 0.463. The maximum atomic E-state index is 11.4. The van der Waals surface area contributed by atoms with Crippen molar-refractivity contribution in [2.24, 2.45) is 5.92 Å². The zero-order valence-electron chi connectivity index (χ0n) is 10.7. The van der Waals surface area contributed by atoms with Crippen LogP contribution in [0.3, 0.4) is 0 Å². The van der Waals surface area contributed by atoms with Crippen molar-refractivity contribution in [1.29, 1.82) is 0 Å². The normalized spacial score (nSPS) is 38.4. The monoisotopic (exact) mass is 223 g/mol. The first-order valence-corrected chi connectivity index (χ1v) is 6.96. The van der Waals surface area contributed by atoms with Gasteiger partial charge in [-0.1, -0.05) is 26.2 Å². The topological polar surface area (TPSA) is 20.3 Å². The second-order valence-corrected chi connectivity index (χ2v) is 5.76. The van der Waals surface area contributed by atoms with Gasteiger partial charge >= 0.3 is 0 Å². The van der Waals surface area contributed by atoms with Crippen molar-refractivity contribution in [3.05, 3.63) is 0 Å². The molecule has 0 aromatic heterocycles. The summed E-state index contributed by atoms with van der Waals surface area (Å²) < 4.78 is 0. The van der Waals surface area contributed by atoms with Crippen molar-refractivity contribution in [3.63, 3.8) is 0 Å². The number of rotatable bonds is 1. The molecule has 92 valence electrons. The van der Waals surface area contributed by atoms with Crippen molar-refractivity contribution >= 4 is 5.78 Å². The first kappa shape index (κ1) is 12.1. The second-order valence-electron chi connectivity index (χ2n) is 5.76. The van der Waals surface area contributed by atoms with Crippen LogP contribution in [0, 0.1) is 5.92 Å². The van der Waals surface area contributed by atoms with Crippen LogP contribution in [0.2, 0.25) is 0 Å². The standard InChI is InChI=1S/C14H25NO/c1-11-6-4-3-5-7-14(11)15-9-8-13(16)10-12(15)2/h11-12,14H,3-10H2,1-2H3. The molecule has 16 heavy (non-hydrogen) atoms. The molecule has 0 aromatic rings. The quantitative estimate of drug-likeness (QED) is 0.637. The Morgan fingerprint density at radius 1 is 1.12 bits per heavy atom. The third-order valence-corrected chi connectivity index (χ3v) is 4.48. The minimum absolute atomic E-state index is 0.463. The minimum Gasteiger partial charge on any atom is -0.300 e. The second kappa shape index (κ2) is 5.31. The summed E-state index contributed by atoms with van der Waals surface area (Å²) in [6, 6.07) is 1.22. The van der Waals surface area contributed by atoms with E-state index in [1.165, 1.54) is 32.1 Å². The van der Waals surface area contributed by atoms with Crippen molar-refractivity contribution in [2.45, 2.75) is 70.9 Å². The molecule has 0 N–H and O–H groups in total. The number of nitrogens with zero attached hydrogens (tertiary/aromatic N) is 1. The lowest BCUT2D eigenvalue weighted by Gasteiger charge is -2.41. The Labute approximate surface area is 99.4 Å². The fourth-order valence-electron chi connectivity index (χ4n) is 3.48. The van der Waals surface area contributed by atoms with E-state index in [0.717, 1.165) is 31.3 Å². The maximum absolute atomic E-state index is 11.4. The van der Waals surface area contributed by atoms with Crippen LogP contribution >= 0.6 is 0 Å². The third-order valence-electron chi connectivity index (χ3n) is 4.48. The van der Waals surface area contributed by atoms with E-state index in [4.69, 9.17) is 0 Å². The number of carbonyl (C=O) groups is 1. The Kier molecular flexibility index (Phi) is 4.01. The molecule has 2 nitrogen and oxygen atoms in total. The average Bonchev–Trinajstić information content (AvgIpc) is 2.44. The molecule has 0 radical (unpaired) electrons. The highest BCUT2D eigenvalue weighted by molar-refractivity contribution is 5.79. The number of carbonyl (C=O) groups excluding carboxylic acids is 1. The number of hydrogen-bond acceptors (Lipinski definition) is 2. The predicted molar refractivity (Wildman–Crippen MR) is 66.4 cm³/mol. The highest BCUT2D eigenvalue weighted by Gasteiger charge is 2.32. The van der Waals surface area contributed by atoms with Crippen LogP contribution in [0.4, 0.5) is 0 Å². The molecule has 1 heterocycles. The number of likely N-dealkylation sites (tertiary alicyclic amines) is 1. The van der Waals surface area contributed by atoms with Crippen molar-refractivity contribution in [3.8, 4) is 0 Å². The summed E-state index contributed by atoms with van der Waals surface area (Å²) in [5.74, 6) is 1.28. The van der Waals surface area contributed by atoms with E-state index in [2.05, 4.69) is 18.7 Å². The zero-order chi connectivity index (χ0) is 11.5. The first-order chi connectivity index (χ1) is 7.68. The van der Waals surface area contributed by atoms with E-state index in [0.29, 0.717) is 11.8 Å². The third kappa shape index (κ3) is 2.65. The lowest BCUT2D eigenvalue weighted by atomic mass is 9.91. The van der Waals surface area contributed by atoms with Crippen molar-refractivity contribution in [1.82, 2.24) is 4.90 Å².